The molecule has 3 nitrogen and oxygen atoms in total. The van der Waals surface area contributed by atoms with E-state index in [1.165, 1.54) is 0 Å². The van der Waals surface area contributed by atoms with Gasteiger partial charge in [-0.05, 0) is 45.8 Å². The van der Waals surface area contributed by atoms with Gasteiger partial charge in [0.2, 0.25) is 0 Å². The summed E-state index contributed by atoms with van der Waals surface area (Å²) in [5, 5.41) is 9.31. The number of benzene rings is 2. The zero-order chi connectivity index (χ0) is 17.3. The first-order valence-electron chi connectivity index (χ1n) is 6.89. The lowest BCUT2D eigenvalue weighted by Gasteiger charge is -2.10. The number of aromatic nitrogens is 1. The van der Waals surface area contributed by atoms with Crippen molar-refractivity contribution in [2.45, 2.75) is 0 Å². The summed E-state index contributed by atoms with van der Waals surface area (Å²) in [7, 11) is 0. The van der Waals surface area contributed by atoms with Gasteiger partial charge in [0.15, 0.2) is 0 Å². The van der Waals surface area contributed by atoms with E-state index in [1.807, 2.05) is 30.3 Å². The highest BCUT2D eigenvalue weighted by molar-refractivity contribution is 9.10. The lowest BCUT2D eigenvalue weighted by Crippen LogP contribution is -2.13. The highest BCUT2D eigenvalue weighted by Gasteiger charge is 2.16. The molecule has 0 fully saturated rings. The standard InChI is InChI=1S/C18H9Br2FN2O/c19-11-6-4-10(5-7-11)16-8-13(14(9-22)18(24)23-16)12-2-1-3-15(20)17(12)21/h1-8H,(H,23,24). The van der Waals surface area contributed by atoms with Gasteiger partial charge >= 0.3 is 0 Å². The first kappa shape index (κ1) is 16.6. The SMILES string of the molecule is N#Cc1c(-c2cccc(Br)c2F)cc(-c2ccc(Br)cc2)[nH]c1=O. The fourth-order valence-electron chi connectivity index (χ4n) is 2.38. The van der Waals surface area contributed by atoms with Crippen LogP contribution >= 0.6 is 31.9 Å². The van der Waals surface area contributed by atoms with Crippen molar-refractivity contribution in [2.24, 2.45) is 0 Å². The van der Waals surface area contributed by atoms with E-state index in [9.17, 15) is 14.4 Å². The maximum absolute atomic E-state index is 14.4. The molecule has 0 saturated carbocycles. The molecule has 1 aromatic heterocycles. The predicted octanol–water partition coefficient (Wildman–Crippen LogP) is 5.24. The molecular weight excluding hydrogens is 439 g/mol. The molecule has 0 spiro atoms. The Labute approximate surface area is 154 Å². The van der Waals surface area contributed by atoms with E-state index in [1.54, 1.807) is 24.3 Å². The number of hydrogen-bond acceptors (Lipinski definition) is 2. The van der Waals surface area contributed by atoms with Crippen LogP contribution in [0, 0.1) is 17.1 Å². The predicted molar refractivity (Wildman–Crippen MR) is 98.0 cm³/mol. The molecule has 6 heteroatoms. The number of hydrogen-bond donors (Lipinski definition) is 1. The number of nitriles is 1. The molecule has 0 saturated heterocycles. The van der Waals surface area contributed by atoms with E-state index in [-0.39, 0.29) is 21.2 Å². The summed E-state index contributed by atoms with van der Waals surface area (Å²) in [4.78, 5) is 15.0. The minimum atomic E-state index is -0.549. The average molecular weight is 448 g/mol. The third kappa shape index (κ3) is 3.05. The third-order valence-corrected chi connectivity index (χ3v) is 4.68. The fraction of sp³-hybridized carbons (Fsp3) is 0. The van der Waals surface area contributed by atoms with Crippen LogP contribution in [-0.2, 0) is 0 Å². The molecule has 0 aliphatic rings. The van der Waals surface area contributed by atoms with Gasteiger partial charge in [0.05, 0.1) is 4.47 Å². The number of H-pyrrole nitrogens is 1. The Morgan fingerprint density at radius 2 is 1.75 bits per heavy atom. The van der Waals surface area contributed by atoms with E-state index in [4.69, 9.17) is 0 Å². The Morgan fingerprint density at radius 3 is 2.42 bits per heavy atom. The van der Waals surface area contributed by atoms with E-state index < -0.39 is 11.4 Å². The minimum Gasteiger partial charge on any atom is -0.321 e. The minimum absolute atomic E-state index is 0.118. The molecular formula is C18H9Br2FN2O. The lowest BCUT2D eigenvalue weighted by molar-refractivity contribution is 0.624. The largest absolute Gasteiger partial charge is 0.321 e. The third-order valence-electron chi connectivity index (χ3n) is 3.54. The highest BCUT2D eigenvalue weighted by atomic mass is 79.9. The van der Waals surface area contributed by atoms with Crippen LogP contribution in [0.4, 0.5) is 4.39 Å². The summed E-state index contributed by atoms with van der Waals surface area (Å²) in [6.07, 6.45) is 0. The van der Waals surface area contributed by atoms with Crippen molar-refractivity contribution in [1.82, 2.24) is 4.98 Å². The maximum Gasteiger partial charge on any atom is 0.266 e. The van der Waals surface area contributed by atoms with Crippen molar-refractivity contribution in [3.63, 3.8) is 0 Å². The van der Waals surface area contributed by atoms with Crippen molar-refractivity contribution >= 4 is 31.9 Å². The molecule has 2 aromatic carbocycles. The topological polar surface area (TPSA) is 56.6 Å². The Balaban J connectivity index is 2.29. The Morgan fingerprint density at radius 1 is 1.04 bits per heavy atom. The quantitative estimate of drug-likeness (QED) is 0.583. The molecule has 1 heterocycles. The second-order valence-electron chi connectivity index (χ2n) is 5.02. The molecule has 0 unspecified atom stereocenters. The van der Waals surface area contributed by atoms with Crippen LogP contribution in [0.25, 0.3) is 22.4 Å². The summed E-state index contributed by atoms with van der Waals surface area (Å²) >= 11 is 6.48. The van der Waals surface area contributed by atoms with Gasteiger partial charge in [-0.2, -0.15) is 5.26 Å². The molecule has 118 valence electrons. The number of rotatable bonds is 2. The molecule has 0 amide bonds. The first-order chi connectivity index (χ1) is 11.5. The van der Waals surface area contributed by atoms with Gasteiger partial charge in [-0.25, -0.2) is 4.39 Å². The van der Waals surface area contributed by atoms with Gasteiger partial charge in [0.1, 0.15) is 17.4 Å². The second-order valence-corrected chi connectivity index (χ2v) is 6.79. The van der Waals surface area contributed by atoms with Crippen LogP contribution < -0.4 is 5.56 Å². The van der Waals surface area contributed by atoms with Crippen LogP contribution in [0.5, 0.6) is 0 Å². The molecule has 0 aliphatic carbocycles. The van der Waals surface area contributed by atoms with Gasteiger partial charge in [-0.3, -0.25) is 4.79 Å². The highest BCUT2D eigenvalue weighted by Crippen LogP contribution is 2.31. The maximum atomic E-state index is 14.4. The summed E-state index contributed by atoms with van der Waals surface area (Å²) in [6, 6.07) is 15.6. The van der Waals surface area contributed by atoms with Crippen LogP contribution in [0.3, 0.4) is 0 Å². The molecule has 0 radical (unpaired) electrons. The summed E-state index contributed by atoms with van der Waals surface area (Å²) in [6.45, 7) is 0. The Kier molecular flexibility index (Phi) is 4.65. The Bertz CT molecular complexity index is 1020. The fourth-order valence-corrected chi connectivity index (χ4v) is 3.01. The molecule has 24 heavy (non-hydrogen) atoms. The van der Waals surface area contributed by atoms with Gasteiger partial charge in [-0.15, -0.1) is 0 Å². The van der Waals surface area contributed by atoms with Crippen molar-refractivity contribution < 1.29 is 4.39 Å². The second kappa shape index (κ2) is 6.71. The van der Waals surface area contributed by atoms with Crippen molar-refractivity contribution in [2.75, 3.05) is 0 Å². The van der Waals surface area contributed by atoms with Crippen molar-refractivity contribution in [3.8, 4) is 28.5 Å². The smallest absolute Gasteiger partial charge is 0.266 e. The van der Waals surface area contributed by atoms with Crippen molar-refractivity contribution in [1.29, 1.82) is 5.26 Å². The van der Waals surface area contributed by atoms with Gasteiger partial charge in [-0.1, -0.05) is 40.2 Å². The number of aromatic amines is 1. The summed E-state index contributed by atoms with van der Waals surface area (Å²) in [5.41, 5.74) is 1.07. The van der Waals surface area contributed by atoms with Crippen molar-refractivity contribution in [3.05, 3.63) is 79.2 Å². The summed E-state index contributed by atoms with van der Waals surface area (Å²) in [5.74, 6) is -0.513. The molecule has 3 aromatic rings. The van der Waals surface area contributed by atoms with E-state index in [2.05, 4.69) is 36.8 Å². The van der Waals surface area contributed by atoms with E-state index in [0.29, 0.717) is 5.69 Å². The lowest BCUT2D eigenvalue weighted by atomic mass is 9.98. The zero-order valence-electron chi connectivity index (χ0n) is 12.1. The van der Waals surface area contributed by atoms with Gasteiger partial charge in [0, 0.05) is 21.3 Å². The van der Waals surface area contributed by atoms with E-state index >= 15 is 0 Å². The Hall–Kier alpha value is -2.23. The molecule has 3 rings (SSSR count). The zero-order valence-corrected chi connectivity index (χ0v) is 15.3. The van der Waals surface area contributed by atoms with Crippen LogP contribution in [0.2, 0.25) is 0 Å². The molecule has 0 bridgehead atoms. The monoisotopic (exact) mass is 446 g/mol. The van der Waals surface area contributed by atoms with Crippen LogP contribution in [-0.4, -0.2) is 4.98 Å². The number of pyridine rings is 1. The van der Waals surface area contributed by atoms with E-state index in [0.717, 1.165) is 10.0 Å². The first-order valence-corrected chi connectivity index (χ1v) is 8.47. The molecule has 0 aliphatic heterocycles. The normalized spacial score (nSPS) is 10.4. The average Bonchev–Trinajstić information content (AvgIpc) is 2.57. The molecule has 1 N–H and O–H groups in total. The number of halogens is 3. The molecule has 0 atom stereocenters. The number of nitrogens with one attached hydrogen (secondary N) is 1. The van der Waals surface area contributed by atoms with Gasteiger partial charge in [0.25, 0.3) is 5.56 Å². The van der Waals surface area contributed by atoms with Crippen LogP contribution in [0.15, 0.2) is 62.3 Å². The van der Waals surface area contributed by atoms with Gasteiger partial charge < -0.3 is 4.98 Å². The number of nitrogens with zero attached hydrogens (tertiary/aromatic N) is 1. The summed E-state index contributed by atoms with van der Waals surface area (Å²) < 4.78 is 15.6. The van der Waals surface area contributed by atoms with Crippen LogP contribution in [0.1, 0.15) is 5.56 Å².